The van der Waals surface area contributed by atoms with Crippen LogP contribution in [0.3, 0.4) is 0 Å². The summed E-state index contributed by atoms with van der Waals surface area (Å²) in [6, 6.07) is 14.8. The van der Waals surface area contributed by atoms with Gasteiger partial charge in [0.2, 0.25) is 0 Å². The van der Waals surface area contributed by atoms with E-state index in [0.717, 1.165) is 29.2 Å². The van der Waals surface area contributed by atoms with E-state index in [1.54, 1.807) is 11.8 Å². The van der Waals surface area contributed by atoms with E-state index in [1.165, 1.54) is 29.7 Å². The summed E-state index contributed by atoms with van der Waals surface area (Å²) in [5, 5.41) is 10.3. The van der Waals surface area contributed by atoms with Crippen molar-refractivity contribution in [1.29, 1.82) is 5.26 Å². The minimum Gasteiger partial charge on any atom is -0.202 e. The first-order valence-corrected chi connectivity index (χ1v) is 8.00. The highest BCUT2D eigenvalue weighted by Crippen LogP contribution is 2.26. The standard InChI is InChI=1S/C17H16N2S/c18-11-15-10-14-8-4-5-9-16(14)19-17(15)20-12-13-6-2-1-3-7-13/h1-3,6-7,10H,4-5,8-9,12H2/p+1. The summed E-state index contributed by atoms with van der Waals surface area (Å²) in [6.07, 6.45) is 4.70. The molecule has 0 amide bonds. The molecule has 0 radical (unpaired) electrons. The van der Waals surface area contributed by atoms with Gasteiger partial charge in [-0.1, -0.05) is 42.1 Å². The van der Waals surface area contributed by atoms with Crippen LogP contribution in [-0.4, -0.2) is 0 Å². The normalized spacial score (nSPS) is 13.6. The number of nitrogens with one attached hydrogen (secondary N) is 1. The van der Waals surface area contributed by atoms with Gasteiger partial charge in [-0.15, -0.1) is 0 Å². The van der Waals surface area contributed by atoms with Gasteiger partial charge in [-0.3, -0.25) is 0 Å². The predicted octanol–water partition coefficient (Wildman–Crippen LogP) is 3.54. The Morgan fingerprint density at radius 2 is 1.95 bits per heavy atom. The van der Waals surface area contributed by atoms with Crippen LogP contribution in [0.1, 0.15) is 35.2 Å². The lowest BCUT2D eigenvalue weighted by Gasteiger charge is -2.11. The lowest BCUT2D eigenvalue weighted by molar-refractivity contribution is -0.439. The fraction of sp³-hybridized carbons (Fsp3) is 0.294. The van der Waals surface area contributed by atoms with Crippen molar-refractivity contribution in [2.24, 2.45) is 0 Å². The largest absolute Gasteiger partial charge is 0.256 e. The summed E-state index contributed by atoms with van der Waals surface area (Å²) in [4.78, 5) is 3.50. The van der Waals surface area contributed by atoms with E-state index in [9.17, 15) is 5.26 Å². The Balaban J connectivity index is 1.83. The fourth-order valence-electron chi connectivity index (χ4n) is 2.60. The summed E-state index contributed by atoms with van der Waals surface area (Å²) in [5.74, 6) is 0.894. The molecule has 0 bridgehead atoms. The number of aryl methyl sites for hydroxylation is 2. The first-order chi connectivity index (χ1) is 9.86. The molecule has 20 heavy (non-hydrogen) atoms. The smallest absolute Gasteiger partial charge is 0.202 e. The van der Waals surface area contributed by atoms with Crippen LogP contribution >= 0.6 is 11.8 Å². The number of H-pyrrole nitrogens is 1. The zero-order valence-electron chi connectivity index (χ0n) is 11.4. The summed E-state index contributed by atoms with van der Waals surface area (Å²) in [5.41, 5.74) is 4.72. The summed E-state index contributed by atoms with van der Waals surface area (Å²) < 4.78 is 0. The molecule has 1 aliphatic rings. The van der Waals surface area contributed by atoms with Crippen molar-refractivity contribution in [2.45, 2.75) is 36.5 Å². The van der Waals surface area contributed by atoms with Gasteiger partial charge in [-0.2, -0.15) is 5.26 Å². The van der Waals surface area contributed by atoms with E-state index in [4.69, 9.17) is 0 Å². The second-order valence-electron chi connectivity index (χ2n) is 5.11. The average Bonchev–Trinajstić information content (AvgIpc) is 2.53. The highest BCUT2D eigenvalue weighted by atomic mass is 32.2. The van der Waals surface area contributed by atoms with Crippen molar-refractivity contribution < 1.29 is 4.98 Å². The minimum atomic E-state index is 0.784. The summed E-state index contributed by atoms with van der Waals surface area (Å²) in [6.45, 7) is 0. The molecule has 0 atom stereocenters. The molecule has 1 aliphatic carbocycles. The Morgan fingerprint density at radius 3 is 2.75 bits per heavy atom. The van der Waals surface area contributed by atoms with Crippen molar-refractivity contribution >= 4 is 11.8 Å². The van der Waals surface area contributed by atoms with Gasteiger partial charge >= 0.3 is 0 Å². The molecule has 1 aromatic heterocycles. The lowest BCUT2D eigenvalue weighted by atomic mass is 9.95. The molecule has 2 aromatic rings. The first-order valence-electron chi connectivity index (χ1n) is 7.02. The van der Waals surface area contributed by atoms with Crippen LogP contribution < -0.4 is 4.98 Å². The van der Waals surface area contributed by atoms with E-state index in [1.807, 2.05) is 6.07 Å². The van der Waals surface area contributed by atoms with Crippen LogP contribution in [-0.2, 0) is 18.6 Å². The molecule has 0 saturated carbocycles. The molecule has 3 rings (SSSR count). The first kappa shape index (κ1) is 13.2. The summed E-state index contributed by atoms with van der Waals surface area (Å²) in [7, 11) is 0. The van der Waals surface area contributed by atoms with Gasteiger partial charge in [0.05, 0.1) is 0 Å². The van der Waals surface area contributed by atoms with E-state index in [-0.39, 0.29) is 0 Å². The van der Waals surface area contributed by atoms with E-state index in [2.05, 4.69) is 41.4 Å². The Morgan fingerprint density at radius 1 is 1.15 bits per heavy atom. The van der Waals surface area contributed by atoms with E-state index >= 15 is 0 Å². The van der Waals surface area contributed by atoms with E-state index in [0.29, 0.717) is 0 Å². The number of hydrogen-bond donors (Lipinski definition) is 0. The van der Waals surface area contributed by atoms with Gasteiger partial charge in [-0.05, 0) is 30.9 Å². The summed E-state index contributed by atoms with van der Waals surface area (Å²) >= 11 is 1.72. The number of rotatable bonds is 3. The van der Waals surface area contributed by atoms with Crippen LogP contribution in [0.2, 0.25) is 0 Å². The van der Waals surface area contributed by atoms with Crippen LogP contribution in [0, 0.1) is 11.3 Å². The van der Waals surface area contributed by atoms with Gasteiger partial charge in [0.25, 0.3) is 5.03 Å². The Bertz CT molecular complexity index is 644. The molecule has 0 saturated heterocycles. The topological polar surface area (TPSA) is 37.9 Å². The number of nitriles is 1. The van der Waals surface area contributed by atoms with Crippen molar-refractivity contribution in [3.8, 4) is 6.07 Å². The van der Waals surface area contributed by atoms with Crippen molar-refractivity contribution in [3.63, 3.8) is 0 Å². The third-order valence-corrected chi connectivity index (χ3v) is 4.77. The molecule has 100 valence electrons. The molecule has 1 N–H and O–H groups in total. The second-order valence-corrected chi connectivity index (χ2v) is 6.09. The number of pyridine rings is 1. The molecular formula is C17H17N2S+. The highest BCUT2D eigenvalue weighted by molar-refractivity contribution is 7.98. The molecule has 0 aliphatic heterocycles. The van der Waals surface area contributed by atoms with Gasteiger partial charge in [0.1, 0.15) is 11.6 Å². The number of hydrogen-bond acceptors (Lipinski definition) is 2. The number of thioether (sulfide) groups is 1. The predicted molar refractivity (Wildman–Crippen MR) is 80.4 cm³/mol. The third-order valence-electron chi connectivity index (χ3n) is 3.68. The maximum atomic E-state index is 9.33. The van der Waals surface area contributed by atoms with E-state index < -0.39 is 0 Å². The van der Waals surface area contributed by atoms with Gasteiger partial charge < -0.3 is 0 Å². The maximum Gasteiger partial charge on any atom is 0.256 e. The molecule has 0 spiro atoms. The second kappa shape index (κ2) is 6.11. The van der Waals surface area contributed by atoms with Crippen molar-refractivity contribution in [3.05, 3.63) is 58.8 Å². The molecule has 1 aromatic carbocycles. The number of aromatic nitrogens is 1. The van der Waals surface area contributed by atoms with Crippen LogP contribution in [0.25, 0.3) is 0 Å². The maximum absolute atomic E-state index is 9.33. The zero-order valence-corrected chi connectivity index (χ0v) is 12.2. The van der Waals surface area contributed by atoms with Gasteiger partial charge in [0.15, 0.2) is 5.69 Å². The molecule has 2 nitrogen and oxygen atoms in total. The van der Waals surface area contributed by atoms with Crippen LogP contribution in [0.4, 0.5) is 0 Å². The highest BCUT2D eigenvalue weighted by Gasteiger charge is 2.21. The quantitative estimate of drug-likeness (QED) is 0.807. The molecule has 3 heteroatoms. The van der Waals surface area contributed by atoms with Crippen LogP contribution in [0.5, 0.6) is 0 Å². The minimum absolute atomic E-state index is 0.784. The number of nitrogens with zero attached hydrogens (tertiary/aromatic N) is 1. The molecule has 0 fully saturated rings. The van der Waals surface area contributed by atoms with Gasteiger partial charge in [-0.25, -0.2) is 4.98 Å². The SMILES string of the molecule is N#Cc1cc2c([nH+]c1SCc1ccccc1)CCCC2. The zero-order chi connectivity index (χ0) is 13.8. The lowest BCUT2D eigenvalue weighted by Crippen LogP contribution is -2.21. The van der Waals surface area contributed by atoms with Crippen molar-refractivity contribution in [2.75, 3.05) is 0 Å². The monoisotopic (exact) mass is 281 g/mol. The average molecular weight is 281 g/mol. The Labute approximate surface area is 123 Å². The number of aromatic amines is 1. The molecule has 0 unspecified atom stereocenters. The fourth-order valence-corrected chi connectivity index (χ4v) is 3.56. The number of benzene rings is 1. The molecular weight excluding hydrogens is 264 g/mol. The van der Waals surface area contributed by atoms with Crippen LogP contribution in [0.15, 0.2) is 41.4 Å². The van der Waals surface area contributed by atoms with Gasteiger partial charge in [0, 0.05) is 17.7 Å². The third kappa shape index (κ3) is 2.86. The van der Waals surface area contributed by atoms with Crippen molar-refractivity contribution in [1.82, 2.24) is 0 Å². The Hall–Kier alpha value is -1.79. The molecule has 1 heterocycles. The Kier molecular flexibility index (Phi) is 4.03. The number of fused-ring (bicyclic) bond motifs is 1.